The quantitative estimate of drug-likeness (QED) is 0.586. The fourth-order valence-corrected chi connectivity index (χ4v) is 2.97. The summed E-state index contributed by atoms with van der Waals surface area (Å²) in [6.45, 7) is 0.438. The molecule has 0 aliphatic heterocycles. The van der Waals surface area contributed by atoms with E-state index in [2.05, 4.69) is 4.72 Å². The number of hydrogen-bond acceptors (Lipinski definition) is 4. The first kappa shape index (κ1) is 15.6. The molecule has 0 aromatic heterocycles. The van der Waals surface area contributed by atoms with Crippen molar-refractivity contribution >= 4 is 15.9 Å². The van der Waals surface area contributed by atoms with Gasteiger partial charge in [-0.3, -0.25) is 4.79 Å². The van der Waals surface area contributed by atoms with Gasteiger partial charge in [0.15, 0.2) is 0 Å². The number of sulfonamides is 1. The van der Waals surface area contributed by atoms with E-state index in [0.717, 1.165) is 0 Å². The number of benzene rings is 1. The van der Waals surface area contributed by atoms with Crippen LogP contribution >= 0.6 is 0 Å². The lowest BCUT2D eigenvalue weighted by Gasteiger charge is -2.10. The van der Waals surface area contributed by atoms with Crippen molar-refractivity contribution in [3.8, 4) is 0 Å². The van der Waals surface area contributed by atoms with Gasteiger partial charge in [-0.25, -0.2) is 13.1 Å². The Morgan fingerprint density at radius 2 is 1.89 bits per heavy atom. The summed E-state index contributed by atoms with van der Waals surface area (Å²) < 4.78 is 26.6. The Bertz CT molecular complexity index is 529. The molecular weight excluding hydrogens is 266 g/mol. The predicted octanol–water partition coefficient (Wildman–Crippen LogP) is 0.0792. The molecule has 1 amide bonds. The van der Waals surface area contributed by atoms with Crippen LogP contribution in [-0.4, -0.2) is 20.9 Å². The van der Waals surface area contributed by atoms with Crippen LogP contribution in [0, 0.1) is 0 Å². The van der Waals surface area contributed by atoms with Gasteiger partial charge in [-0.15, -0.1) is 0 Å². The van der Waals surface area contributed by atoms with Crippen molar-refractivity contribution in [1.82, 2.24) is 4.72 Å². The highest BCUT2D eigenvalue weighted by molar-refractivity contribution is 7.89. The first-order valence-corrected chi connectivity index (χ1v) is 7.51. The largest absolute Gasteiger partial charge is 0.370 e. The summed E-state index contributed by atoms with van der Waals surface area (Å²) in [6, 6.07) is 6.60. The molecule has 0 heterocycles. The average Bonchev–Trinajstić information content (AvgIpc) is 2.37. The molecule has 5 N–H and O–H groups in total. The smallest absolute Gasteiger partial charge is 0.240 e. The van der Waals surface area contributed by atoms with Crippen LogP contribution in [0.25, 0.3) is 0 Å². The van der Waals surface area contributed by atoms with E-state index in [1.807, 2.05) is 0 Å². The third kappa shape index (κ3) is 4.98. The number of unbranched alkanes of at least 4 members (excludes halogenated alkanes) is 1. The van der Waals surface area contributed by atoms with E-state index in [1.165, 1.54) is 6.07 Å². The Hall–Kier alpha value is -1.44. The summed E-state index contributed by atoms with van der Waals surface area (Å²) in [5, 5.41) is 0. The topological polar surface area (TPSA) is 115 Å². The van der Waals surface area contributed by atoms with E-state index in [9.17, 15) is 13.2 Å². The molecule has 0 aliphatic carbocycles. The van der Waals surface area contributed by atoms with E-state index in [1.54, 1.807) is 18.2 Å². The zero-order valence-corrected chi connectivity index (χ0v) is 11.4. The van der Waals surface area contributed by atoms with Crippen molar-refractivity contribution in [2.75, 3.05) is 6.54 Å². The molecule has 0 bridgehead atoms. The molecular formula is C12H19N3O3S. The second-order valence-corrected chi connectivity index (χ2v) is 5.87. The van der Waals surface area contributed by atoms with Crippen LogP contribution in [0.15, 0.2) is 29.2 Å². The molecule has 0 atom stereocenters. The van der Waals surface area contributed by atoms with Crippen LogP contribution in [0.2, 0.25) is 0 Å². The van der Waals surface area contributed by atoms with E-state index in [-0.39, 0.29) is 30.3 Å². The highest BCUT2D eigenvalue weighted by atomic mass is 32.2. The van der Waals surface area contributed by atoms with Gasteiger partial charge in [0, 0.05) is 19.5 Å². The summed E-state index contributed by atoms with van der Waals surface area (Å²) in [7, 11) is -3.55. The summed E-state index contributed by atoms with van der Waals surface area (Å²) in [4.78, 5) is 10.7. The summed E-state index contributed by atoms with van der Waals surface area (Å²) >= 11 is 0. The Morgan fingerprint density at radius 1 is 1.21 bits per heavy atom. The number of nitrogens with two attached hydrogens (primary N) is 2. The number of rotatable bonds is 8. The van der Waals surface area contributed by atoms with E-state index < -0.39 is 10.0 Å². The second kappa shape index (κ2) is 7.22. The second-order valence-electron chi connectivity index (χ2n) is 4.13. The fourth-order valence-electron chi connectivity index (χ4n) is 1.64. The SMILES string of the molecule is NCc1ccccc1S(=O)(=O)NCCCCC(N)=O. The Morgan fingerprint density at radius 3 is 2.53 bits per heavy atom. The monoisotopic (exact) mass is 285 g/mol. The average molecular weight is 285 g/mol. The maximum absolute atomic E-state index is 12.1. The Balaban J connectivity index is 2.59. The van der Waals surface area contributed by atoms with Crippen LogP contribution in [0.3, 0.4) is 0 Å². The maximum atomic E-state index is 12.1. The van der Waals surface area contributed by atoms with Crippen molar-refractivity contribution in [3.05, 3.63) is 29.8 Å². The van der Waals surface area contributed by atoms with Crippen LogP contribution in [-0.2, 0) is 21.4 Å². The summed E-state index contributed by atoms with van der Waals surface area (Å²) in [5.41, 5.74) is 11.1. The first-order valence-electron chi connectivity index (χ1n) is 6.03. The molecule has 6 nitrogen and oxygen atoms in total. The van der Waals surface area contributed by atoms with Gasteiger partial charge in [0.2, 0.25) is 15.9 Å². The number of carbonyl (C=O) groups excluding carboxylic acids is 1. The van der Waals surface area contributed by atoms with E-state index >= 15 is 0 Å². The highest BCUT2D eigenvalue weighted by Crippen LogP contribution is 2.14. The van der Waals surface area contributed by atoms with Gasteiger partial charge in [0.05, 0.1) is 4.90 Å². The number of hydrogen-bond donors (Lipinski definition) is 3. The van der Waals surface area contributed by atoms with Crippen molar-refractivity contribution in [3.63, 3.8) is 0 Å². The molecule has 1 rings (SSSR count). The van der Waals surface area contributed by atoms with Crippen LogP contribution < -0.4 is 16.2 Å². The zero-order chi connectivity index (χ0) is 14.3. The molecule has 7 heteroatoms. The summed E-state index contributed by atoms with van der Waals surface area (Å²) in [5.74, 6) is -0.378. The molecule has 1 aromatic rings. The first-order chi connectivity index (χ1) is 8.97. The maximum Gasteiger partial charge on any atom is 0.240 e. The lowest BCUT2D eigenvalue weighted by molar-refractivity contribution is -0.118. The number of primary amides is 1. The minimum absolute atomic E-state index is 0.165. The van der Waals surface area contributed by atoms with Crippen LogP contribution in [0.4, 0.5) is 0 Å². The third-order valence-corrected chi connectivity index (χ3v) is 4.19. The van der Waals surface area contributed by atoms with Gasteiger partial charge in [0.25, 0.3) is 0 Å². The zero-order valence-electron chi connectivity index (χ0n) is 10.6. The molecule has 1 aromatic carbocycles. The Kier molecular flexibility index (Phi) is 5.94. The van der Waals surface area contributed by atoms with Crippen LogP contribution in [0.5, 0.6) is 0 Å². The molecule has 0 fully saturated rings. The molecule has 0 spiro atoms. The van der Waals surface area contributed by atoms with Gasteiger partial charge in [-0.2, -0.15) is 0 Å². The van der Waals surface area contributed by atoms with Gasteiger partial charge < -0.3 is 11.5 Å². The summed E-state index contributed by atoms with van der Waals surface area (Å²) in [6.07, 6.45) is 1.39. The van der Waals surface area contributed by atoms with Gasteiger partial charge in [-0.1, -0.05) is 18.2 Å². The normalized spacial score (nSPS) is 11.4. The van der Waals surface area contributed by atoms with Gasteiger partial charge in [-0.05, 0) is 24.5 Å². The lowest BCUT2D eigenvalue weighted by atomic mass is 10.2. The van der Waals surface area contributed by atoms with E-state index in [0.29, 0.717) is 18.4 Å². The molecule has 0 aliphatic rings. The predicted molar refractivity (Wildman–Crippen MR) is 72.6 cm³/mol. The number of amides is 1. The van der Waals surface area contributed by atoms with Crippen molar-refractivity contribution in [2.24, 2.45) is 11.5 Å². The number of nitrogens with one attached hydrogen (secondary N) is 1. The minimum Gasteiger partial charge on any atom is -0.370 e. The Labute approximate surface area is 113 Å². The molecule has 19 heavy (non-hydrogen) atoms. The standard InChI is InChI=1S/C12H19N3O3S/c13-9-10-5-1-2-6-11(10)19(17,18)15-8-4-3-7-12(14)16/h1-2,5-6,15H,3-4,7-9,13H2,(H2,14,16). The molecule has 0 saturated heterocycles. The molecule has 0 saturated carbocycles. The van der Waals surface area contributed by atoms with Gasteiger partial charge >= 0.3 is 0 Å². The lowest BCUT2D eigenvalue weighted by Crippen LogP contribution is -2.26. The molecule has 0 unspecified atom stereocenters. The van der Waals surface area contributed by atoms with Crippen molar-refractivity contribution < 1.29 is 13.2 Å². The molecule has 106 valence electrons. The third-order valence-electron chi connectivity index (χ3n) is 2.62. The van der Waals surface area contributed by atoms with Crippen molar-refractivity contribution in [2.45, 2.75) is 30.7 Å². The minimum atomic E-state index is -3.55. The molecule has 0 radical (unpaired) electrons. The van der Waals surface area contributed by atoms with Crippen LogP contribution in [0.1, 0.15) is 24.8 Å². The van der Waals surface area contributed by atoms with Gasteiger partial charge in [0.1, 0.15) is 0 Å². The highest BCUT2D eigenvalue weighted by Gasteiger charge is 2.16. The van der Waals surface area contributed by atoms with E-state index in [4.69, 9.17) is 11.5 Å². The fraction of sp³-hybridized carbons (Fsp3) is 0.417. The van der Waals surface area contributed by atoms with Crippen molar-refractivity contribution in [1.29, 1.82) is 0 Å². The number of carbonyl (C=O) groups is 1.